The standard InChI is InChI=1S/C39H36F6N3O3/c1-3-4-21-46-33-14-7-8-15-34(33)51-36(46)17-9-16-35-37(2,20-10-13-26-11-5-6-12-26)31-25-29(48(49)50)18-19-32(31)47(35)30-23-27(38(40,41)42)22-28(24-30)39(43,44)45/h5-9,11-12,14-19,22-26H,3-4,10,13,20-21H2,1-2H3/q+1. The first-order valence-corrected chi connectivity index (χ1v) is 16.7. The summed E-state index contributed by atoms with van der Waals surface area (Å²) < 4.78 is 92.9. The van der Waals surface area contributed by atoms with Crippen LogP contribution in [0.1, 0.15) is 68.5 Å². The summed E-state index contributed by atoms with van der Waals surface area (Å²) in [5, 5.41) is 11.9. The van der Waals surface area contributed by atoms with Crippen molar-refractivity contribution in [3.8, 4) is 0 Å². The fraction of sp³-hybridized carbons (Fsp3) is 0.308. The maximum absolute atomic E-state index is 14.1. The van der Waals surface area contributed by atoms with Crippen molar-refractivity contribution in [1.29, 1.82) is 0 Å². The molecule has 0 saturated carbocycles. The number of aromatic nitrogens is 1. The summed E-state index contributed by atoms with van der Waals surface area (Å²) in [7, 11) is 0. The Labute approximate surface area is 290 Å². The van der Waals surface area contributed by atoms with Gasteiger partial charge in [0.2, 0.25) is 5.58 Å². The van der Waals surface area contributed by atoms with Crippen molar-refractivity contribution in [2.45, 2.75) is 70.3 Å². The summed E-state index contributed by atoms with van der Waals surface area (Å²) in [6.45, 7) is 4.56. The third-order valence-corrected chi connectivity index (χ3v) is 9.57. The topological polar surface area (TPSA) is 63.4 Å². The average Bonchev–Trinajstić information content (AvgIpc) is 3.78. The number of benzene rings is 3. The van der Waals surface area contributed by atoms with Crippen LogP contribution in [0.4, 0.5) is 43.4 Å². The second-order valence-corrected chi connectivity index (χ2v) is 13.0. The minimum Gasteiger partial charge on any atom is -0.398 e. The van der Waals surface area contributed by atoms with Crippen LogP contribution in [0.2, 0.25) is 0 Å². The minimum absolute atomic E-state index is 0.0953. The van der Waals surface area contributed by atoms with Crippen LogP contribution in [0.15, 0.2) is 107 Å². The number of oxazole rings is 1. The van der Waals surface area contributed by atoms with Crippen LogP contribution in [0.25, 0.3) is 17.2 Å². The molecule has 266 valence electrons. The van der Waals surface area contributed by atoms with Crippen molar-refractivity contribution < 1.29 is 40.3 Å². The minimum atomic E-state index is -5.07. The van der Waals surface area contributed by atoms with Gasteiger partial charge in [-0.25, -0.2) is 0 Å². The van der Waals surface area contributed by atoms with Gasteiger partial charge in [-0.15, -0.1) is 0 Å². The van der Waals surface area contributed by atoms with Crippen LogP contribution >= 0.6 is 0 Å². The second-order valence-electron chi connectivity index (χ2n) is 13.0. The molecule has 1 aliphatic heterocycles. The molecular weight excluding hydrogens is 672 g/mol. The van der Waals surface area contributed by atoms with E-state index in [1.807, 2.05) is 60.1 Å². The Hall–Kier alpha value is -5.13. The van der Waals surface area contributed by atoms with E-state index < -0.39 is 33.8 Å². The highest BCUT2D eigenvalue weighted by atomic mass is 19.4. The lowest BCUT2D eigenvalue weighted by molar-refractivity contribution is -0.678. The van der Waals surface area contributed by atoms with Crippen molar-refractivity contribution in [3.05, 3.63) is 136 Å². The molecule has 0 N–H and O–H groups in total. The van der Waals surface area contributed by atoms with Crippen LogP contribution in [0, 0.1) is 16.0 Å². The van der Waals surface area contributed by atoms with E-state index in [1.165, 1.54) is 23.1 Å². The van der Waals surface area contributed by atoms with Gasteiger partial charge in [0, 0.05) is 41.4 Å². The van der Waals surface area contributed by atoms with Crippen LogP contribution in [0.5, 0.6) is 0 Å². The first-order valence-electron chi connectivity index (χ1n) is 16.7. The molecule has 6 nitrogen and oxygen atoms in total. The largest absolute Gasteiger partial charge is 0.416 e. The number of aryl methyl sites for hydroxylation is 1. The molecule has 2 heterocycles. The number of rotatable bonds is 11. The number of unbranched alkanes of at least 4 members (excludes halogenated alkanes) is 1. The fourth-order valence-corrected chi connectivity index (χ4v) is 6.96. The van der Waals surface area contributed by atoms with Gasteiger partial charge in [-0.1, -0.05) is 62.3 Å². The molecule has 0 fully saturated rings. The Balaban J connectivity index is 1.54. The van der Waals surface area contributed by atoms with Crippen LogP contribution in [-0.4, -0.2) is 4.92 Å². The number of fused-ring (bicyclic) bond motifs is 2. The summed E-state index contributed by atoms with van der Waals surface area (Å²) in [5.74, 6) is 0.687. The molecule has 4 aromatic rings. The van der Waals surface area contributed by atoms with Gasteiger partial charge in [0.25, 0.3) is 11.2 Å². The molecule has 6 rings (SSSR count). The summed E-state index contributed by atoms with van der Waals surface area (Å²) in [4.78, 5) is 12.7. The van der Waals surface area contributed by atoms with Gasteiger partial charge in [-0.2, -0.15) is 30.9 Å². The molecule has 0 amide bonds. The first-order chi connectivity index (χ1) is 24.2. The van der Waals surface area contributed by atoms with Crippen molar-refractivity contribution in [1.82, 2.24) is 0 Å². The number of non-ortho nitro benzene ring substituents is 1. The highest BCUT2D eigenvalue weighted by molar-refractivity contribution is 5.82. The first kappa shape index (κ1) is 35.7. The molecule has 51 heavy (non-hydrogen) atoms. The summed E-state index contributed by atoms with van der Waals surface area (Å²) in [6, 6.07) is 13.0. The van der Waals surface area contributed by atoms with E-state index in [2.05, 4.69) is 6.92 Å². The highest BCUT2D eigenvalue weighted by Gasteiger charge is 2.46. The molecule has 0 bridgehead atoms. The van der Waals surface area contributed by atoms with Crippen LogP contribution < -0.4 is 9.47 Å². The van der Waals surface area contributed by atoms with Gasteiger partial charge in [0.1, 0.15) is 0 Å². The summed E-state index contributed by atoms with van der Waals surface area (Å²) in [6.07, 6.45) is 6.42. The SMILES string of the molecule is CCCC[n+]1c(/C=C\C=C2\N(c3cc(C(F)(F)F)cc(C(F)(F)F)c3)c3ccc([N+](=O)[O-])cc3C2(C)CCCC2C=CC=C2)oc2ccccc21. The number of para-hydroxylation sites is 2. The van der Waals surface area contributed by atoms with Gasteiger partial charge in [-0.05, 0) is 67.7 Å². The number of alkyl halides is 6. The maximum atomic E-state index is 14.1. The molecule has 2 aliphatic rings. The number of nitro benzene ring substituents is 1. The molecule has 1 unspecified atom stereocenters. The quantitative estimate of drug-likeness (QED) is 0.0673. The Morgan fingerprint density at radius 3 is 2.29 bits per heavy atom. The molecule has 1 aliphatic carbocycles. The monoisotopic (exact) mass is 708 g/mol. The molecule has 0 saturated heterocycles. The Kier molecular flexibility index (Phi) is 9.71. The predicted molar refractivity (Wildman–Crippen MR) is 183 cm³/mol. The van der Waals surface area contributed by atoms with Crippen molar-refractivity contribution in [2.24, 2.45) is 5.92 Å². The van der Waals surface area contributed by atoms with E-state index in [-0.39, 0.29) is 29.0 Å². The second kappa shape index (κ2) is 13.9. The Bertz CT molecular complexity index is 2030. The van der Waals surface area contributed by atoms with Gasteiger partial charge < -0.3 is 9.32 Å². The van der Waals surface area contributed by atoms with Crippen molar-refractivity contribution in [2.75, 3.05) is 4.90 Å². The van der Waals surface area contributed by atoms with Gasteiger partial charge in [0.05, 0.1) is 27.8 Å². The molecule has 0 radical (unpaired) electrons. The van der Waals surface area contributed by atoms with Gasteiger partial charge in [-0.3, -0.25) is 10.1 Å². The number of nitrogens with zero attached hydrogens (tertiary/aromatic N) is 3. The van der Waals surface area contributed by atoms with Crippen molar-refractivity contribution >= 4 is 34.2 Å². The Morgan fingerprint density at radius 2 is 1.65 bits per heavy atom. The van der Waals surface area contributed by atoms with E-state index in [0.717, 1.165) is 24.8 Å². The van der Waals surface area contributed by atoms with E-state index in [9.17, 15) is 36.5 Å². The fourth-order valence-electron chi connectivity index (χ4n) is 6.96. The number of hydrogen-bond donors (Lipinski definition) is 0. The lowest BCUT2D eigenvalue weighted by atomic mass is 9.76. The van der Waals surface area contributed by atoms with Crippen LogP contribution in [-0.2, 0) is 24.3 Å². The molecular formula is C39H36F6N3O3+. The molecule has 1 aromatic heterocycles. The lowest BCUT2D eigenvalue weighted by Crippen LogP contribution is -2.35. The Morgan fingerprint density at radius 1 is 0.961 bits per heavy atom. The van der Waals surface area contributed by atoms with E-state index in [0.29, 0.717) is 54.3 Å². The molecule has 3 aromatic carbocycles. The number of anilines is 2. The van der Waals surface area contributed by atoms with Gasteiger partial charge >= 0.3 is 18.2 Å². The third-order valence-electron chi connectivity index (χ3n) is 9.57. The molecule has 12 heteroatoms. The van der Waals surface area contributed by atoms with E-state index in [1.54, 1.807) is 18.2 Å². The normalized spacial score (nSPS) is 18.6. The summed E-state index contributed by atoms with van der Waals surface area (Å²) >= 11 is 0. The number of allylic oxidation sites excluding steroid dienone is 7. The zero-order valence-corrected chi connectivity index (χ0v) is 28.0. The van der Waals surface area contributed by atoms with E-state index >= 15 is 0 Å². The van der Waals surface area contributed by atoms with Crippen LogP contribution in [0.3, 0.4) is 0 Å². The third kappa shape index (κ3) is 7.22. The van der Waals surface area contributed by atoms with Crippen molar-refractivity contribution in [3.63, 3.8) is 0 Å². The highest BCUT2D eigenvalue weighted by Crippen LogP contribution is 2.55. The van der Waals surface area contributed by atoms with E-state index in [4.69, 9.17) is 4.42 Å². The van der Waals surface area contributed by atoms with Gasteiger partial charge in [0.15, 0.2) is 6.54 Å². The number of halogens is 6. The summed E-state index contributed by atoms with van der Waals surface area (Å²) in [5.41, 5.74) is -1.96. The number of hydrogen-bond acceptors (Lipinski definition) is 4. The zero-order chi connectivity index (χ0) is 36.6. The predicted octanol–water partition coefficient (Wildman–Crippen LogP) is 11.4. The lowest BCUT2D eigenvalue weighted by Gasteiger charge is -2.31. The smallest absolute Gasteiger partial charge is 0.398 e. The molecule has 1 atom stereocenters. The molecule has 0 spiro atoms. The number of nitro groups is 1. The maximum Gasteiger partial charge on any atom is 0.416 e. The zero-order valence-electron chi connectivity index (χ0n) is 28.0. The average molecular weight is 709 g/mol.